The van der Waals surface area contributed by atoms with E-state index in [0.29, 0.717) is 120 Å². The van der Waals surface area contributed by atoms with Crippen molar-refractivity contribution < 1.29 is 62.8 Å². The SMILES string of the molecule is C.CC1CN(Cc2ccccc2)CC1c1nn2c(C3CCC(F)(F)CC3)ncc2c(=O)[nH]1.CC1CN(Cc2ncccn2)CC1c1nn2c(C3CCC(F)(F)CC3)ncc2c(=O)[nH]1.CC1CNCC1c1nn2c(C3CCC(F)(F)CC3)ncc2c(=O)[nH]1.CO.ClCc1ncccn1.O.O.[Pd]. The summed E-state index contributed by atoms with van der Waals surface area (Å²) in [5.74, 6) is -1.16. The van der Waals surface area contributed by atoms with Crippen molar-refractivity contribution in [1.29, 1.82) is 0 Å². The number of H-pyrrole nitrogens is 3. The van der Waals surface area contributed by atoms with Gasteiger partial charge in [0.1, 0.15) is 46.6 Å². The fourth-order valence-corrected chi connectivity index (χ4v) is 14.3. The largest absolute Gasteiger partial charge is 0.412 e. The maximum atomic E-state index is 13.6. The van der Waals surface area contributed by atoms with Gasteiger partial charge in [-0.25, -0.2) is 74.8 Å². The van der Waals surface area contributed by atoms with E-state index < -0.39 is 17.8 Å². The summed E-state index contributed by atoms with van der Waals surface area (Å²) >= 11 is 5.40. The first-order chi connectivity index (χ1) is 46.2. The normalized spacial score (nSPS) is 22.8. The standard InChI is InChI=1S/C23H27F2N5O.C21H25F2N7O.C16H21F2N5O.C5H5ClN2.CH4O.CH4.2H2O.Pd/c1-15-12-29(13-16-5-3-2-4-6-16)14-18(15)20-27-22(31)19-11-26-21(30(19)28-20)17-7-9-23(24,25)10-8-17;1-13-10-29(12-17-24-7-2-8-25-17)11-15(13)18-27-20(31)16-9-26-19(30(16)28-18)14-3-5-21(22,23)6-4-14;1-9-6-19-7-11(9)13-21-15(24)12-8-20-14(23(12)22-13)10-2-4-16(17,18)5-3-10;6-4-5-7-2-1-3-8-5;1-2;;;;/h2-6,11,15,17-18H,7-10,12-14H2,1H3,(H,27,28,31);2,7-9,13-15H,3-6,10-12H2,1H3,(H,27,28,31);8-11,19H,2-7H2,1H3,(H,21,22,24);1-3H,4H2;2H,1H3;1H4;2*1H2;. The summed E-state index contributed by atoms with van der Waals surface area (Å²) in [6.07, 6.45) is 12.6. The van der Waals surface area contributed by atoms with Gasteiger partial charge in [-0.15, -0.1) is 11.6 Å². The number of rotatable bonds is 11. The van der Waals surface area contributed by atoms with Crippen LogP contribution in [0, 0.1) is 17.8 Å². The Morgan fingerprint density at radius 2 is 0.830 bits per heavy atom. The molecule has 6 aliphatic rings. The van der Waals surface area contributed by atoms with Crippen molar-refractivity contribution in [2.75, 3.05) is 46.4 Å². The summed E-state index contributed by atoms with van der Waals surface area (Å²) in [7, 11) is 1.00. The fourth-order valence-electron chi connectivity index (χ4n) is 14.2. The Labute approximate surface area is 592 Å². The summed E-state index contributed by atoms with van der Waals surface area (Å²) in [4.78, 5) is 80.7. The zero-order chi connectivity index (χ0) is 67.9. The zero-order valence-corrected chi connectivity index (χ0v) is 57.8. The number of aliphatic hydroxyl groups excluding tert-OH is 1. The van der Waals surface area contributed by atoms with Gasteiger partial charge in [-0.1, -0.05) is 58.5 Å². The van der Waals surface area contributed by atoms with Crippen LogP contribution in [0.15, 0.2) is 100 Å². The van der Waals surface area contributed by atoms with E-state index in [9.17, 15) is 40.7 Å². The first kappa shape index (κ1) is 80.0. The van der Waals surface area contributed by atoms with Crippen molar-refractivity contribution in [3.63, 3.8) is 0 Å². The molecular weight excluding hydrogens is 1420 g/mol. The van der Waals surface area contributed by atoms with Crippen LogP contribution in [0.5, 0.6) is 0 Å². The predicted molar refractivity (Wildman–Crippen MR) is 361 cm³/mol. The van der Waals surface area contributed by atoms with Gasteiger partial charge < -0.3 is 36.3 Å². The minimum Gasteiger partial charge on any atom is -0.412 e. The van der Waals surface area contributed by atoms with Gasteiger partial charge in [-0.3, -0.25) is 24.2 Å². The average molecular weight is 1510 g/mol. The Balaban J connectivity index is 0.000000194. The molecule has 25 nitrogen and oxygen atoms in total. The van der Waals surface area contributed by atoms with Crippen molar-refractivity contribution in [3.8, 4) is 0 Å². The molecule has 6 unspecified atom stereocenters. The van der Waals surface area contributed by atoms with Crippen molar-refractivity contribution in [2.45, 2.75) is 177 Å². The van der Waals surface area contributed by atoms with Crippen LogP contribution in [0.25, 0.3) is 16.6 Å². The third-order valence-corrected chi connectivity index (χ3v) is 19.7. The molecule has 3 aliphatic carbocycles. The number of benzene rings is 1. The first-order valence-corrected chi connectivity index (χ1v) is 33.5. The Morgan fingerprint density at radius 1 is 0.480 bits per heavy atom. The van der Waals surface area contributed by atoms with Crippen LogP contribution in [-0.4, -0.2) is 169 Å². The quantitative estimate of drug-likeness (QED) is 0.0460. The average Bonchev–Trinajstić information content (AvgIpc) is 1.61. The van der Waals surface area contributed by atoms with Crippen LogP contribution in [-0.2, 0) is 39.4 Å². The molecule has 100 heavy (non-hydrogen) atoms. The summed E-state index contributed by atoms with van der Waals surface area (Å²) in [6.45, 7) is 12.9. The number of hydrogen-bond donors (Lipinski definition) is 5. The molecule has 0 amide bonds. The second kappa shape index (κ2) is 35.1. The van der Waals surface area contributed by atoms with Gasteiger partial charge in [-0.05, 0) is 80.5 Å². The number of aromatic nitrogens is 16. The Morgan fingerprint density at radius 3 is 1.17 bits per heavy atom. The molecule has 1 aromatic carbocycles. The molecule has 0 radical (unpaired) electrons. The van der Waals surface area contributed by atoms with E-state index in [4.69, 9.17) is 26.9 Å². The van der Waals surface area contributed by atoms with Crippen molar-refractivity contribution >= 4 is 28.2 Å². The van der Waals surface area contributed by atoms with Crippen LogP contribution in [0.2, 0.25) is 0 Å². The molecule has 3 saturated carbocycles. The maximum absolute atomic E-state index is 13.6. The van der Waals surface area contributed by atoms with E-state index >= 15 is 0 Å². The molecule has 3 aliphatic heterocycles. The van der Waals surface area contributed by atoms with Gasteiger partial charge in [-0.2, -0.15) is 15.3 Å². The molecule has 33 heteroatoms. The molecule has 11 heterocycles. The summed E-state index contributed by atoms with van der Waals surface area (Å²) in [5.41, 5.74) is 1.68. The van der Waals surface area contributed by atoms with Crippen LogP contribution < -0.4 is 22.0 Å². The number of halogens is 7. The van der Waals surface area contributed by atoms with E-state index in [1.165, 1.54) is 24.2 Å². The molecule has 0 spiro atoms. The molecule has 548 valence electrons. The van der Waals surface area contributed by atoms with E-state index in [2.05, 4.69) is 103 Å². The molecular formula is C67H90ClF6N19O6Pd. The van der Waals surface area contributed by atoms with Crippen LogP contribution >= 0.6 is 11.6 Å². The van der Waals surface area contributed by atoms with Gasteiger partial charge in [0.15, 0.2) is 16.6 Å². The molecule has 3 saturated heterocycles. The van der Waals surface area contributed by atoms with Crippen LogP contribution in [0.1, 0.15) is 193 Å². The number of aliphatic hydroxyl groups is 1. The summed E-state index contributed by atoms with van der Waals surface area (Å²) in [5, 5.41) is 24.4. The van der Waals surface area contributed by atoms with Crippen LogP contribution in [0.3, 0.4) is 0 Å². The Kier molecular flexibility index (Phi) is 28.1. The maximum Gasteiger partial charge on any atom is 0.276 e. The molecule has 15 rings (SSSR count). The first-order valence-electron chi connectivity index (χ1n) is 33.0. The minimum atomic E-state index is -2.61. The Bertz CT molecular complexity index is 4020. The molecule has 8 aromatic heterocycles. The summed E-state index contributed by atoms with van der Waals surface area (Å²) in [6, 6.07) is 13.9. The molecule has 0 bridgehead atoms. The van der Waals surface area contributed by atoms with E-state index in [-0.39, 0.29) is 135 Å². The monoisotopic (exact) mass is 1510 g/mol. The minimum absolute atomic E-state index is 0. The van der Waals surface area contributed by atoms with Gasteiger partial charge in [0.05, 0.1) is 31.0 Å². The van der Waals surface area contributed by atoms with Crippen LogP contribution in [0.4, 0.5) is 26.3 Å². The topological polar surface area (TPSA) is 342 Å². The molecule has 9 N–H and O–H groups in total. The van der Waals surface area contributed by atoms with E-state index in [1.54, 1.807) is 50.5 Å². The second-order valence-electron chi connectivity index (χ2n) is 26.4. The number of hydrogen-bond acceptors (Lipinski definition) is 17. The third-order valence-electron chi connectivity index (χ3n) is 19.5. The number of nitrogens with zero attached hydrogens (tertiary/aromatic N) is 15. The molecule has 6 atom stereocenters. The van der Waals surface area contributed by atoms with Crippen molar-refractivity contribution in [2.24, 2.45) is 17.8 Å². The predicted octanol–water partition coefficient (Wildman–Crippen LogP) is 8.52. The second-order valence-corrected chi connectivity index (χ2v) is 26.7. The zero-order valence-electron chi connectivity index (χ0n) is 55.5. The van der Waals surface area contributed by atoms with Gasteiger partial charge in [0.25, 0.3) is 16.7 Å². The smallest absolute Gasteiger partial charge is 0.276 e. The van der Waals surface area contributed by atoms with Crippen molar-refractivity contribution in [3.05, 3.63) is 169 Å². The number of nitrogens with one attached hydrogen (secondary N) is 4. The fraction of sp³-hybridized carbons (Fsp3) is 0.567. The van der Waals surface area contributed by atoms with Gasteiger partial charge in [0.2, 0.25) is 17.8 Å². The number of alkyl halides is 7. The Hall–Kier alpha value is -7.28. The number of imidazole rings is 3. The number of fused-ring (bicyclic) bond motifs is 3. The summed E-state index contributed by atoms with van der Waals surface area (Å²) < 4.78 is 86.0. The number of aromatic amines is 3. The molecule has 6 fully saturated rings. The number of likely N-dealkylation sites (tertiary alicyclic amines) is 2. The van der Waals surface area contributed by atoms with Gasteiger partial charge in [0, 0.05) is 166 Å². The third kappa shape index (κ3) is 19.1. The van der Waals surface area contributed by atoms with E-state index in [0.717, 1.165) is 58.7 Å². The van der Waals surface area contributed by atoms with Crippen molar-refractivity contribution in [1.82, 2.24) is 93.8 Å². The van der Waals surface area contributed by atoms with Gasteiger partial charge >= 0.3 is 0 Å². The van der Waals surface area contributed by atoms with E-state index in [1.807, 2.05) is 18.2 Å². The molecule has 9 aromatic rings.